The standard InChI is InChI=1S/C12H10BN3S/c1-7-6-8-11(14)15-9-4-2-3-5-10(9)16(13)12(8)17-7/h2-6H,1H3,(H2,14,15). The number of para-hydroxylation sites is 2. The maximum atomic E-state index is 6.15. The van der Waals surface area contributed by atoms with E-state index < -0.39 is 0 Å². The SMILES string of the molecule is [B]N1c2ccccc2N=C(N)c2cc(C)sc21. The molecule has 0 saturated heterocycles. The van der Waals surface area contributed by atoms with Gasteiger partial charge in [-0.3, -0.25) is 0 Å². The highest BCUT2D eigenvalue weighted by atomic mass is 32.1. The lowest BCUT2D eigenvalue weighted by atomic mass is 10.2. The predicted molar refractivity (Wildman–Crippen MR) is 73.8 cm³/mol. The molecule has 3 rings (SSSR count). The molecule has 0 unspecified atom stereocenters. The fraction of sp³-hybridized carbons (Fsp3) is 0.0833. The highest BCUT2D eigenvalue weighted by molar-refractivity contribution is 7.17. The fourth-order valence-corrected chi connectivity index (χ4v) is 2.88. The summed E-state index contributed by atoms with van der Waals surface area (Å²) in [5.41, 5.74) is 8.59. The third kappa shape index (κ3) is 1.54. The Labute approximate surface area is 105 Å². The molecular weight excluding hydrogens is 229 g/mol. The van der Waals surface area contributed by atoms with Gasteiger partial charge in [0.2, 0.25) is 7.98 Å². The first-order chi connectivity index (χ1) is 8.16. The molecule has 0 fully saturated rings. The molecule has 3 nitrogen and oxygen atoms in total. The van der Waals surface area contributed by atoms with Crippen molar-refractivity contribution >= 4 is 41.5 Å². The lowest BCUT2D eigenvalue weighted by Crippen LogP contribution is -2.15. The van der Waals surface area contributed by atoms with Crippen molar-refractivity contribution in [2.45, 2.75) is 6.92 Å². The minimum Gasteiger partial charge on any atom is -0.387 e. The van der Waals surface area contributed by atoms with E-state index in [1.807, 2.05) is 37.3 Å². The molecule has 82 valence electrons. The summed E-state index contributed by atoms with van der Waals surface area (Å²) in [6.07, 6.45) is 0. The van der Waals surface area contributed by atoms with Crippen molar-refractivity contribution in [3.05, 3.63) is 40.8 Å². The van der Waals surface area contributed by atoms with Crippen LogP contribution in [0, 0.1) is 6.92 Å². The molecule has 1 aromatic carbocycles. The van der Waals surface area contributed by atoms with E-state index in [2.05, 4.69) is 4.99 Å². The van der Waals surface area contributed by atoms with E-state index in [0.29, 0.717) is 5.84 Å². The van der Waals surface area contributed by atoms with Crippen molar-refractivity contribution in [3.8, 4) is 0 Å². The molecule has 1 aromatic heterocycles. The number of hydrogen-bond acceptors (Lipinski definition) is 4. The number of fused-ring (bicyclic) bond motifs is 2. The summed E-state index contributed by atoms with van der Waals surface area (Å²) in [5, 5.41) is 0.939. The first-order valence-corrected chi connectivity index (χ1v) is 6.07. The zero-order chi connectivity index (χ0) is 12.0. The molecule has 0 bridgehead atoms. The third-order valence-corrected chi connectivity index (χ3v) is 3.76. The summed E-state index contributed by atoms with van der Waals surface area (Å²) < 4.78 is 0. The molecule has 2 radical (unpaired) electrons. The second-order valence-electron chi connectivity index (χ2n) is 3.93. The maximum Gasteiger partial charge on any atom is 0.235 e. The minimum absolute atomic E-state index is 0.518. The van der Waals surface area contributed by atoms with Crippen molar-refractivity contribution in [2.24, 2.45) is 10.7 Å². The predicted octanol–water partition coefficient (Wildman–Crippen LogP) is 2.63. The molecule has 0 aliphatic carbocycles. The molecule has 0 atom stereocenters. The summed E-state index contributed by atoms with van der Waals surface area (Å²) in [4.78, 5) is 7.25. The number of hydrogen-bond donors (Lipinski definition) is 1. The Morgan fingerprint density at radius 2 is 2.12 bits per heavy atom. The van der Waals surface area contributed by atoms with Gasteiger partial charge >= 0.3 is 0 Å². The van der Waals surface area contributed by atoms with Crippen LogP contribution in [0.3, 0.4) is 0 Å². The first-order valence-electron chi connectivity index (χ1n) is 5.25. The topological polar surface area (TPSA) is 41.6 Å². The Morgan fingerprint density at radius 1 is 1.35 bits per heavy atom. The van der Waals surface area contributed by atoms with E-state index >= 15 is 0 Å². The van der Waals surface area contributed by atoms with Gasteiger partial charge in [-0.25, -0.2) is 4.99 Å². The van der Waals surface area contributed by atoms with E-state index in [-0.39, 0.29) is 0 Å². The van der Waals surface area contributed by atoms with Gasteiger partial charge < -0.3 is 10.5 Å². The van der Waals surface area contributed by atoms with Crippen molar-refractivity contribution in [1.82, 2.24) is 0 Å². The molecular formula is C12H10BN3S. The van der Waals surface area contributed by atoms with E-state index in [9.17, 15) is 0 Å². The lowest BCUT2D eigenvalue weighted by Gasteiger charge is -2.19. The lowest BCUT2D eigenvalue weighted by molar-refractivity contribution is 1.44. The zero-order valence-electron chi connectivity index (χ0n) is 9.34. The first kappa shape index (κ1) is 10.4. The molecule has 0 saturated carbocycles. The molecule has 17 heavy (non-hydrogen) atoms. The number of aliphatic imine (C=N–C) groups is 1. The van der Waals surface area contributed by atoms with Crippen LogP contribution in [0.2, 0.25) is 0 Å². The maximum absolute atomic E-state index is 6.15. The van der Waals surface area contributed by atoms with Crippen LogP contribution in [0.25, 0.3) is 0 Å². The Bertz CT molecular complexity index is 618. The molecule has 2 aromatic rings. The van der Waals surface area contributed by atoms with Gasteiger partial charge in [-0.15, -0.1) is 11.3 Å². The summed E-state index contributed by atoms with van der Waals surface area (Å²) in [7, 11) is 6.15. The number of rotatable bonds is 0. The molecule has 0 amide bonds. The van der Waals surface area contributed by atoms with Crippen LogP contribution in [0.1, 0.15) is 10.4 Å². The zero-order valence-corrected chi connectivity index (χ0v) is 10.2. The second-order valence-corrected chi connectivity index (χ2v) is 5.17. The Hall–Kier alpha value is -1.75. The van der Waals surface area contributed by atoms with E-state index in [0.717, 1.165) is 21.9 Å². The van der Waals surface area contributed by atoms with E-state index in [1.54, 1.807) is 16.1 Å². The van der Waals surface area contributed by atoms with Gasteiger partial charge in [0.05, 0.1) is 21.9 Å². The summed E-state index contributed by atoms with van der Waals surface area (Å²) in [5.74, 6) is 0.518. The Morgan fingerprint density at radius 3 is 2.94 bits per heavy atom. The quantitative estimate of drug-likeness (QED) is 0.718. The van der Waals surface area contributed by atoms with Crippen LogP contribution in [-0.2, 0) is 0 Å². The highest BCUT2D eigenvalue weighted by Crippen LogP contribution is 2.41. The average Bonchev–Trinajstić information content (AvgIpc) is 2.67. The number of nitrogens with two attached hydrogens (primary N) is 1. The van der Waals surface area contributed by atoms with Gasteiger partial charge in [-0.05, 0) is 25.1 Å². The summed E-state index contributed by atoms with van der Waals surface area (Å²) >= 11 is 1.62. The highest BCUT2D eigenvalue weighted by Gasteiger charge is 2.20. The van der Waals surface area contributed by atoms with Crippen LogP contribution in [0.4, 0.5) is 16.4 Å². The molecule has 1 aliphatic rings. The molecule has 2 N–H and O–H groups in total. The van der Waals surface area contributed by atoms with Crippen molar-refractivity contribution in [3.63, 3.8) is 0 Å². The van der Waals surface area contributed by atoms with Gasteiger partial charge in [-0.2, -0.15) is 0 Å². The summed E-state index contributed by atoms with van der Waals surface area (Å²) in [6.45, 7) is 2.03. The fourth-order valence-electron chi connectivity index (χ4n) is 1.93. The molecule has 5 heteroatoms. The summed E-state index contributed by atoms with van der Waals surface area (Å²) in [6, 6.07) is 9.73. The number of thiophene rings is 1. The normalized spacial score (nSPS) is 13.7. The molecule has 1 aliphatic heterocycles. The second kappa shape index (κ2) is 3.63. The molecule has 2 heterocycles. The largest absolute Gasteiger partial charge is 0.387 e. The van der Waals surface area contributed by atoms with Crippen LogP contribution >= 0.6 is 11.3 Å². The van der Waals surface area contributed by atoms with Gasteiger partial charge in [0.25, 0.3) is 0 Å². The monoisotopic (exact) mass is 239 g/mol. The number of aryl methyl sites for hydroxylation is 1. The van der Waals surface area contributed by atoms with Crippen molar-refractivity contribution in [1.29, 1.82) is 0 Å². The van der Waals surface area contributed by atoms with Gasteiger partial charge in [0, 0.05) is 4.88 Å². The van der Waals surface area contributed by atoms with Crippen LogP contribution in [-0.4, -0.2) is 13.8 Å². The van der Waals surface area contributed by atoms with Crippen LogP contribution < -0.4 is 10.5 Å². The minimum atomic E-state index is 0.518. The Balaban J connectivity index is 2.30. The number of amidine groups is 1. The Kier molecular flexibility index (Phi) is 2.23. The van der Waals surface area contributed by atoms with Gasteiger partial charge in [0.15, 0.2) is 0 Å². The van der Waals surface area contributed by atoms with E-state index in [1.165, 1.54) is 4.88 Å². The van der Waals surface area contributed by atoms with Gasteiger partial charge in [0.1, 0.15) is 5.84 Å². The number of nitrogens with zero attached hydrogens (tertiary/aromatic N) is 2. The molecule has 0 spiro atoms. The third-order valence-electron chi connectivity index (χ3n) is 2.71. The average molecular weight is 239 g/mol. The smallest absolute Gasteiger partial charge is 0.235 e. The number of anilines is 2. The van der Waals surface area contributed by atoms with Crippen LogP contribution in [0.15, 0.2) is 35.3 Å². The van der Waals surface area contributed by atoms with Gasteiger partial charge in [-0.1, -0.05) is 12.1 Å². The van der Waals surface area contributed by atoms with Crippen molar-refractivity contribution < 1.29 is 0 Å². The number of benzene rings is 1. The van der Waals surface area contributed by atoms with E-state index in [4.69, 9.17) is 13.7 Å². The van der Waals surface area contributed by atoms with Crippen LogP contribution in [0.5, 0.6) is 0 Å². The van der Waals surface area contributed by atoms with Crippen molar-refractivity contribution in [2.75, 3.05) is 4.81 Å².